The van der Waals surface area contributed by atoms with Gasteiger partial charge in [-0.05, 0) is 37.0 Å². The van der Waals surface area contributed by atoms with Gasteiger partial charge in [0.05, 0.1) is 12.2 Å². The number of benzene rings is 1. The second-order valence-electron chi connectivity index (χ2n) is 5.70. The van der Waals surface area contributed by atoms with E-state index in [4.69, 9.17) is 9.47 Å². The van der Waals surface area contributed by atoms with Gasteiger partial charge in [0.15, 0.2) is 0 Å². The summed E-state index contributed by atoms with van der Waals surface area (Å²) < 4.78 is 10.3. The van der Waals surface area contributed by atoms with Crippen molar-refractivity contribution in [1.82, 2.24) is 5.32 Å². The van der Waals surface area contributed by atoms with Gasteiger partial charge in [0.1, 0.15) is 12.1 Å². The number of rotatable bonds is 2. The lowest BCUT2D eigenvalue weighted by molar-refractivity contribution is 0.0694. The smallest absolute Gasteiger partial charge is 0.415 e. The molecule has 1 aliphatic carbocycles. The Hall–Kier alpha value is -2.57. The minimum atomic E-state index is -0.909. The Balaban J connectivity index is 0.00000109. The third-order valence-electron chi connectivity index (χ3n) is 4.16. The molecular weight excluding hydrogens is 324 g/mol. The average molecular weight is 348 g/mol. The molecule has 0 fully saturated rings. The SMILES string of the molecule is CC.CCOC(=O)NC1=NC2(CCc3c(cccc3C(=O)O)C2)CO1. The molecule has 1 aliphatic heterocycles. The van der Waals surface area contributed by atoms with Crippen LogP contribution in [-0.4, -0.2) is 41.9 Å². The Labute approximate surface area is 147 Å². The number of carboxylic acid groups (broad SMARTS) is 1. The van der Waals surface area contributed by atoms with E-state index in [0.717, 1.165) is 11.1 Å². The number of amidine groups is 1. The molecule has 1 amide bonds. The van der Waals surface area contributed by atoms with E-state index >= 15 is 0 Å². The highest BCUT2D eigenvalue weighted by atomic mass is 16.6. The van der Waals surface area contributed by atoms with E-state index in [1.807, 2.05) is 19.9 Å². The minimum Gasteiger partial charge on any atom is -0.478 e. The number of hydrogen-bond acceptors (Lipinski definition) is 5. The molecule has 1 aromatic rings. The Kier molecular flexibility index (Phi) is 6.01. The lowest BCUT2D eigenvalue weighted by Gasteiger charge is -2.30. The van der Waals surface area contributed by atoms with Crippen molar-refractivity contribution < 1.29 is 24.2 Å². The highest BCUT2D eigenvalue weighted by molar-refractivity contribution is 5.92. The zero-order chi connectivity index (χ0) is 18.4. The van der Waals surface area contributed by atoms with Crippen molar-refractivity contribution in [2.24, 2.45) is 4.99 Å². The first-order chi connectivity index (χ1) is 12.0. The second-order valence-corrected chi connectivity index (χ2v) is 5.70. The van der Waals surface area contributed by atoms with Gasteiger partial charge in [-0.25, -0.2) is 19.9 Å². The predicted octanol–water partition coefficient (Wildman–Crippen LogP) is 2.77. The number of nitrogens with zero attached hydrogens (tertiary/aromatic N) is 1. The van der Waals surface area contributed by atoms with Gasteiger partial charge in [0.2, 0.25) is 0 Å². The molecular formula is C18H24N2O5. The number of nitrogens with one attached hydrogen (secondary N) is 1. The lowest BCUT2D eigenvalue weighted by atomic mass is 9.77. The largest absolute Gasteiger partial charge is 0.478 e. The fraction of sp³-hybridized carbons (Fsp3) is 0.500. The molecule has 7 heteroatoms. The van der Waals surface area contributed by atoms with Gasteiger partial charge >= 0.3 is 12.1 Å². The van der Waals surface area contributed by atoms with Crippen LogP contribution in [0.5, 0.6) is 0 Å². The second kappa shape index (κ2) is 8.00. The van der Waals surface area contributed by atoms with Crippen molar-refractivity contribution in [3.05, 3.63) is 34.9 Å². The highest BCUT2D eigenvalue weighted by Crippen LogP contribution is 2.36. The molecule has 1 unspecified atom stereocenters. The molecule has 1 spiro atoms. The number of carboxylic acids is 1. The van der Waals surface area contributed by atoms with Crippen molar-refractivity contribution in [3.8, 4) is 0 Å². The Morgan fingerprint density at radius 1 is 1.40 bits per heavy atom. The molecule has 0 radical (unpaired) electrons. The van der Waals surface area contributed by atoms with Gasteiger partial charge in [0.25, 0.3) is 6.02 Å². The molecule has 136 valence electrons. The molecule has 1 heterocycles. The van der Waals surface area contributed by atoms with Crippen LogP contribution in [-0.2, 0) is 22.3 Å². The van der Waals surface area contributed by atoms with E-state index in [1.54, 1.807) is 19.1 Å². The molecule has 0 aromatic heterocycles. The first kappa shape index (κ1) is 18.8. The maximum Gasteiger partial charge on any atom is 0.415 e. The third-order valence-corrected chi connectivity index (χ3v) is 4.16. The zero-order valence-corrected chi connectivity index (χ0v) is 14.8. The first-order valence-corrected chi connectivity index (χ1v) is 8.53. The first-order valence-electron chi connectivity index (χ1n) is 8.53. The van der Waals surface area contributed by atoms with Gasteiger partial charge in [-0.2, -0.15) is 0 Å². The van der Waals surface area contributed by atoms with Crippen molar-refractivity contribution >= 4 is 18.1 Å². The van der Waals surface area contributed by atoms with Crippen LogP contribution in [0.3, 0.4) is 0 Å². The Morgan fingerprint density at radius 2 is 2.16 bits per heavy atom. The van der Waals surface area contributed by atoms with Crippen molar-refractivity contribution in [2.75, 3.05) is 13.2 Å². The minimum absolute atomic E-state index is 0.168. The quantitative estimate of drug-likeness (QED) is 0.856. The summed E-state index contributed by atoms with van der Waals surface area (Å²) in [4.78, 5) is 27.2. The molecule has 0 bridgehead atoms. The fourth-order valence-electron chi connectivity index (χ4n) is 3.12. The maximum absolute atomic E-state index is 11.4. The van der Waals surface area contributed by atoms with Gasteiger partial charge in [-0.1, -0.05) is 26.0 Å². The van der Waals surface area contributed by atoms with Gasteiger partial charge in [-0.15, -0.1) is 0 Å². The molecule has 25 heavy (non-hydrogen) atoms. The van der Waals surface area contributed by atoms with Crippen LogP contribution in [0, 0.1) is 0 Å². The molecule has 2 aliphatic rings. The average Bonchev–Trinajstić information content (AvgIpc) is 2.97. The number of ether oxygens (including phenoxy) is 2. The highest BCUT2D eigenvalue weighted by Gasteiger charge is 2.41. The lowest BCUT2D eigenvalue weighted by Crippen LogP contribution is -2.36. The van der Waals surface area contributed by atoms with E-state index in [0.29, 0.717) is 31.4 Å². The van der Waals surface area contributed by atoms with Crippen molar-refractivity contribution in [3.63, 3.8) is 0 Å². The number of hydrogen-bond donors (Lipinski definition) is 2. The number of carbonyl (C=O) groups excluding carboxylic acids is 1. The van der Waals surface area contributed by atoms with E-state index in [-0.39, 0.29) is 12.6 Å². The summed E-state index contributed by atoms with van der Waals surface area (Å²) in [7, 11) is 0. The summed E-state index contributed by atoms with van der Waals surface area (Å²) in [5, 5.41) is 11.8. The summed E-state index contributed by atoms with van der Waals surface area (Å²) in [6.07, 6.45) is 1.31. The summed E-state index contributed by atoms with van der Waals surface area (Å²) in [6, 6.07) is 5.47. The number of alkyl carbamates (subject to hydrolysis) is 1. The summed E-state index contributed by atoms with van der Waals surface area (Å²) in [6.45, 7) is 6.36. The van der Waals surface area contributed by atoms with Crippen molar-refractivity contribution in [2.45, 2.75) is 45.6 Å². The summed E-state index contributed by atoms with van der Waals surface area (Å²) >= 11 is 0. The molecule has 7 nitrogen and oxygen atoms in total. The summed E-state index contributed by atoms with van der Waals surface area (Å²) in [5.41, 5.74) is 1.75. The maximum atomic E-state index is 11.4. The number of fused-ring (bicyclic) bond motifs is 1. The number of aromatic carboxylic acids is 1. The van der Waals surface area contributed by atoms with E-state index in [2.05, 4.69) is 10.3 Å². The number of carbonyl (C=O) groups is 2. The van der Waals surface area contributed by atoms with Gasteiger partial charge in [-0.3, -0.25) is 0 Å². The Morgan fingerprint density at radius 3 is 2.84 bits per heavy atom. The van der Waals surface area contributed by atoms with Crippen LogP contribution in [0.25, 0.3) is 0 Å². The van der Waals surface area contributed by atoms with Gasteiger partial charge < -0.3 is 14.6 Å². The molecule has 0 saturated carbocycles. The fourth-order valence-corrected chi connectivity index (χ4v) is 3.12. The standard InChI is InChI=1S/C16H18N2O5.C2H6/c1-2-22-15(21)17-14-18-16(9-23-14)7-6-11-10(8-16)4-3-5-12(11)13(19)20;1-2/h3-5H,2,6-9H2,1H3,(H,19,20)(H,17,18,21);1-2H3. The van der Waals surface area contributed by atoms with Crippen LogP contribution in [0.2, 0.25) is 0 Å². The monoisotopic (exact) mass is 348 g/mol. The van der Waals surface area contributed by atoms with E-state index < -0.39 is 17.6 Å². The normalized spacial score (nSPS) is 20.5. The molecule has 1 aromatic carbocycles. The Bertz CT molecular complexity index is 686. The van der Waals surface area contributed by atoms with Crippen LogP contribution >= 0.6 is 0 Å². The van der Waals surface area contributed by atoms with Crippen LogP contribution in [0.15, 0.2) is 23.2 Å². The molecule has 1 atom stereocenters. The molecule has 2 N–H and O–H groups in total. The number of amides is 1. The predicted molar refractivity (Wildman–Crippen MR) is 93.1 cm³/mol. The topological polar surface area (TPSA) is 97.2 Å². The van der Waals surface area contributed by atoms with Crippen LogP contribution in [0.1, 0.15) is 48.7 Å². The third kappa shape index (κ3) is 4.10. The number of aliphatic imine (C=N–C) groups is 1. The molecule has 0 saturated heterocycles. The van der Waals surface area contributed by atoms with E-state index in [9.17, 15) is 14.7 Å². The van der Waals surface area contributed by atoms with E-state index in [1.165, 1.54) is 0 Å². The zero-order valence-electron chi connectivity index (χ0n) is 14.8. The summed E-state index contributed by atoms with van der Waals surface area (Å²) in [5.74, 6) is -0.909. The van der Waals surface area contributed by atoms with Gasteiger partial charge in [0, 0.05) is 6.42 Å². The van der Waals surface area contributed by atoms with Crippen LogP contribution in [0.4, 0.5) is 4.79 Å². The van der Waals surface area contributed by atoms with Crippen LogP contribution < -0.4 is 5.32 Å². The van der Waals surface area contributed by atoms with Crippen molar-refractivity contribution in [1.29, 1.82) is 0 Å². The molecule has 3 rings (SSSR count).